The van der Waals surface area contributed by atoms with Gasteiger partial charge in [-0.25, -0.2) is 4.79 Å². The highest BCUT2D eigenvalue weighted by molar-refractivity contribution is 6.31. The number of hydrogen-bond donors (Lipinski definition) is 1. The first-order valence-electron chi connectivity index (χ1n) is 8.05. The van der Waals surface area contributed by atoms with Crippen LogP contribution in [0.3, 0.4) is 0 Å². The van der Waals surface area contributed by atoms with Crippen LogP contribution in [-0.2, 0) is 14.3 Å². The second-order valence-corrected chi connectivity index (χ2v) is 5.80. The Bertz CT molecular complexity index is 761. The van der Waals surface area contributed by atoms with Gasteiger partial charge < -0.3 is 19.5 Å². The molecule has 0 spiro atoms. The number of amides is 1. The van der Waals surface area contributed by atoms with Crippen molar-refractivity contribution in [1.82, 2.24) is 0 Å². The van der Waals surface area contributed by atoms with E-state index >= 15 is 0 Å². The van der Waals surface area contributed by atoms with E-state index in [-0.39, 0.29) is 6.61 Å². The lowest BCUT2D eigenvalue weighted by Crippen LogP contribution is -2.24. The maximum atomic E-state index is 11.9. The topological polar surface area (TPSA) is 73.9 Å². The predicted molar refractivity (Wildman–Crippen MR) is 98.9 cm³/mol. The molecule has 0 aromatic heterocycles. The number of esters is 1. The highest BCUT2D eigenvalue weighted by Gasteiger charge is 2.10. The summed E-state index contributed by atoms with van der Waals surface area (Å²) in [4.78, 5) is 23.6. The van der Waals surface area contributed by atoms with Gasteiger partial charge >= 0.3 is 5.97 Å². The van der Waals surface area contributed by atoms with Gasteiger partial charge in [0.15, 0.2) is 13.2 Å². The highest BCUT2D eigenvalue weighted by Crippen LogP contribution is 2.20. The van der Waals surface area contributed by atoms with Crippen molar-refractivity contribution >= 4 is 29.2 Å². The molecule has 0 bridgehead atoms. The Labute approximate surface area is 157 Å². The zero-order valence-corrected chi connectivity index (χ0v) is 15.3. The number of halogens is 1. The lowest BCUT2D eigenvalue weighted by molar-refractivity contribution is -0.149. The monoisotopic (exact) mass is 377 g/mol. The zero-order valence-electron chi connectivity index (χ0n) is 14.6. The molecule has 0 saturated carbocycles. The van der Waals surface area contributed by atoms with Gasteiger partial charge in [-0.05, 0) is 55.8 Å². The maximum absolute atomic E-state index is 11.9. The standard InChI is InChI=1S/C19H20ClNO5/c1-3-24-15-6-8-16(9-7-15)25-12-19(23)26-11-18(22)21-17-10-14(20)5-4-13(17)2/h4-10H,3,11-12H2,1-2H3,(H,21,22). The smallest absolute Gasteiger partial charge is 0.344 e. The second-order valence-electron chi connectivity index (χ2n) is 5.36. The third-order valence-corrected chi connectivity index (χ3v) is 3.56. The summed E-state index contributed by atoms with van der Waals surface area (Å²) in [5.74, 6) is 0.126. The van der Waals surface area contributed by atoms with Gasteiger partial charge in [0.1, 0.15) is 11.5 Å². The summed E-state index contributed by atoms with van der Waals surface area (Å²) >= 11 is 5.89. The first-order chi connectivity index (χ1) is 12.5. The Balaban J connectivity index is 1.74. The first-order valence-corrected chi connectivity index (χ1v) is 8.43. The van der Waals surface area contributed by atoms with Crippen LogP contribution in [0.25, 0.3) is 0 Å². The van der Waals surface area contributed by atoms with Gasteiger partial charge in [-0.1, -0.05) is 17.7 Å². The first kappa shape index (κ1) is 19.6. The Hall–Kier alpha value is -2.73. The third kappa shape index (κ3) is 6.29. The molecule has 0 aliphatic heterocycles. The highest BCUT2D eigenvalue weighted by atomic mass is 35.5. The van der Waals surface area contributed by atoms with Gasteiger partial charge in [-0.15, -0.1) is 0 Å². The van der Waals surface area contributed by atoms with Crippen LogP contribution >= 0.6 is 11.6 Å². The fourth-order valence-corrected chi connectivity index (χ4v) is 2.22. The average Bonchev–Trinajstić information content (AvgIpc) is 2.63. The van der Waals surface area contributed by atoms with Gasteiger partial charge in [-0.3, -0.25) is 4.79 Å². The van der Waals surface area contributed by atoms with Crippen molar-refractivity contribution in [2.45, 2.75) is 13.8 Å². The molecule has 0 aliphatic rings. The van der Waals surface area contributed by atoms with E-state index in [1.165, 1.54) is 0 Å². The van der Waals surface area contributed by atoms with Crippen LogP contribution in [-0.4, -0.2) is 31.7 Å². The Kier molecular flexibility index (Phi) is 7.29. The summed E-state index contributed by atoms with van der Waals surface area (Å²) in [5.41, 5.74) is 1.43. The zero-order chi connectivity index (χ0) is 18.9. The summed E-state index contributed by atoms with van der Waals surface area (Å²) in [6.07, 6.45) is 0. The normalized spacial score (nSPS) is 10.1. The molecule has 2 rings (SSSR count). The van der Waals surface area contributed by atoms with E-state index in [1.807, 2.05) is 13.8 Å². The maximum Gasteiger partial charge on any atom is 0.344 e. The number of carbonyl (C=O) groups is 2. The largest absolute Gasteiger partial charge is 0.494 e. The lowest BCUT2D eigenvalue weighted by atomic mass is 10.2. The minimum Gasteiger partial charge on any atom is -0.494 e. The fourth-order valence-electron chi connectivity index (χ4n) is 2.04. The van der Waals surface area contributed by atoms with E-state index in [0.29, 0.717) is 23.1 Å². The van der Waals surface area contributed by atoms with E-state index < -0.39 is 18.5 Å². The summed E-state index contributed by atoms with van der Waals surface area (Å²) in [6, 6.07) is 12.0. The fraction of sp³-hybridized carbons (Fsp3) is 0.263. The van der Waals surface area contributed by atoms with E-state index in [2.05, 4.69) is 5.32 Å². The Morgan fingerprint density at radius 2 is 1.65 bits per heavy atom. The summed E-state index contributed by atoms with van der Waals surface area (Å²) in [5, 5.41) is 3.15. The molecular weight excluding hydrogens is 358 g/mol. The van der Waals surface area contributed by atoms with Crippen LogP contribution in [0.4, 0.5) is 5.69 Å². The van der Waals surface area contributed by atoms with E-state index in [4.69, 9.17) is 25.8 Å². The number of nitrogens with one attached hydrogen (secondary N) is 1. The molecule has 0 saturated heterocycles. The predicted octanol–water partition coefficient (Wildman–Crippen LogP) is 3.61. The van der Waals surface area contributed by atoms with Crippen molar-refractivity contribution in [3.05, 3.63) is 53.1 Å². The van der Waals surface area contributed by atoms with Crippen LogP contribution in [0, 0.1) is 6.92 Å². The lowest BCUT2D eigenvalue weighted by Gasteiger charge is -2.10. The average molecular weight is 378 g/mol. The number of hydrogen-bond acceptors (Lipinski definition) is 5. The molecule has 26 heavy (non-hydrogen) atoms. The van der Waals surface area contributed by atoms with Crippen LogP contribution in [0.2, 0.25) is 5.02 Å². The molecule has 2 aromatic rings. The number of benzene rings is 2. The molecule has 0 heterocycles. The minimum atomic E-state index is -0.642. The van der Waals surface area contributed by atoms with Gasteiger partial charge in [0.05, 0.1) is 6.61 Å². The molecule has 2 aromatic carbocycles. The summed E-state index contributed by atoms with van der Waals surface area (Å²) in [6.45, 7) is 3.60. The third-order valence-electron chi connectivity index (χ3n) is 3.33. The molecule has 1 N–H and O–H groups in total. The van der Waals surface area contributed by atoms with Crippen molar-refractivity contribution < 1.29 is 23.8 Å². The van der Waals surface area contributed by atoms with Crippen LogP contribution in [0.15, 0.2) is 42.5 Å². The molecule has 0 atom stereocenters. The van der Waals surface area contributed by atoms with E-state index in [9.17, 15) is 9.59 Å². The van der Waals surface area contributed by atoms with Crippen LogP contribution in [0.1, 0.15) is 12.5 Å². The SMILES string of the molecule is CCOc1ccc(OCC(=O)OCC(=O)Nc2cc(Cl)ccc2C)cc1. The van der Waals surface area contributed by atoms with Crippen molar-refractivity contribution in [3.63, 3.8) is 0 Å². The second kappa shape index (κ2) is 9.68. The van der Waals surface area contributed by atoms with Crippen LogP contribution < -0.4 is 14.8 Å². The quantitative estimate of drug-likeness (QED) is 0.711. The van der Waals surface area contributed by atoms with E-state index in [0.717, 1.165) is 11.3 Å². The molecule has 6 nitrogen and oxygen atoms in total. The molecular formula is C19H20ClNO5. The molecule has 1 amide bonds. The van der Waals surface area contributed by atoms with Gasteiger partial charge in [0.25, 0.3) is 5.91 Å². The molecule has 7 heteroatoms. The molecule has 138 valence electrons. The van der Waals surface area contributed by atoms with Gasteiger partial charge in [-0.2, -0.15) is 0 Å². The van der Waals surface area contributed by atoms with Crippen molar-refractivity contribution in [2.24, 2.45) is 0 Å². The number of anilines is 1. The number of carbonyl (C=O) groups excluding carboxylic acids is 2. The Morgan fingerprint density at radius 1 is 1.00 bits per heavy atom. The summed E-state index contributed by atoms with van der Waals surface area (Å²) < 4.78 is 15.5. The molecule has 0 radical (unpaired) electrons. The van der Waals surface area contributed by atoms with Crippen molar-refractivity contribution in [1.29, 1.82) is 0 Å². The molecule has 0 aliphatic carbocycles. The number of rotatable bonds is 8. The number of aryl methyl sites for hydroxylation is 1. The van der Waals surface area contributed by atoms with Crippen LogP contribution in [0.5, 0.6) is 11.5 Å². The minimum absolute atomic E-state index is 0.294. The molecule has 0 unspecified atom stereocenters. The van der Waals surface area contributed by atoms with Gasteiger partial charge in [0.2, 0.25) is 0 Å². The van der Waals surface area contributed by atoms with E-state index in [1.54, 1.807) is 42.5 Å². The number of ether oxygens (including phenoxy) is 3. The van der Waals surface area contributed by atoms with Crippen molar-refractivity contribution in [2.75, 3.05) is 25.1 Å². The molecule has 0 fully saturated rings. The summed E-state index contributed by atoms with van der Waals surface area (Å²) in [7, 11) is 0. The van der Waals surface area contributed by atoms with Crippen molar-refractivity contribution in [3.8, 4) is 11.5 Å². The Morgan fingerprint density at radius 3 is 2.31 bits per heavy atom. The van der Waals surface area contributed by atoms with Gasteiger partial charge in [0, 0.05) is 10.7 Å².